The second-order valence-electron chi connectivity index (χ2n) is 5.35. The second-order valence-corrected chi connectivity index (χ2v) is 5.35. The number of rotatable bonds is 3. The largest absolute Gasteiger partial charge is 0.329 e. The summed E-state index contributed by atoms with van der Waals surface area (Å²) in [5.41, 5.74) is 5.84. The van der Waals surface area contributed by atoms with Crippen LogP contribution in [-0.4, -0.2) is 30.1 Å². The van der Waals surface area contributed by atoms with Gasteiger partial charge in [0.25, 0.3) is 0 Å². The Kier molecular flexibility index (Phi) is 4.04. The number of likely N-dealkylation sites (tertiary alicyclic amines) is 1. The number of hydrogen-bond donors (Lipinski definition) is 1. The molecule has 0 aromatic rings. The minimum atomic E-state index is 0.702. The average Bonchev–Trinajstić information content (AvgIpc) is 2.77. The Hall–Kier alpha value is -0.0800. The van der Waals surface area contributed by atoms with Gasteiger partial charge in [-0.3, -0.25) is 4.90 Å². The number of nitrogens with zero attached hydrogens (tertiary/aromatic N) is 1. The van der Waals surface area contributed by atoms with Crippen LogP contribution < -0.4 is 5.73 Å². The fourth-order valence-corrected chi connectivity index (χ4v) is 3.48. The van der Waals surface area contributed by atoms with Gasteiger partial charge in [-0.1, -0.05) is 13.3 Å². The topological polar surface area (TPSA) is 29.3 Å². The van der Waals surface area contributed by atoms with E-state index >= 15 is 0 Å². The van der Waals surface area contributed by atoms with E-state index in [0.717, 1.165) is 18.5 Å². The summed E-state index contributed by atoms with van der Waals surface area (Å²) in [6.07, 6.45) is 9.85. The highest BCUT2D eigenvalue weighted by Crippen LogP contribution is 2.32. The van der Waals surface area contributed by atoms with E-state index in [9.17, 15) is 0 Å². The minimum absolute atomic E-state index is 0.702. The Morgan fingerprint density at radius 3 is 2.47 bits per heavy atom. The van der Waals surface area contributed by atoms with Crippen LogP contribution in [0.15, 0.2) is 0 Å². The summed E-state index contributed by atoms with van der Waals surface area (Å²) in [5.74, 6) is 1.01. The summed E-state index contributed by atoms with van der Waals surface area (Å²) in [5, 5.41) is 0. The second kappa shape index (κ2) is 5.31. The van der Waals surface area contributed by atoms with E-state index < -0.39 is 0 Å². The highest BCUT2D eigenvalue weighted by atomic mass is 15.2. The first kappa shape index (κ1) is 11.4. The summed E-state index contributed by atoms with van der Waals surface area (Å²) in [7, 11) is 0. The molecule has 0 amide bonds. The van der Waals surface area contributed by atoms with Gasteiger partial charge in [-0.05, 0) is 51.0 Å². The molecular formula is C13H26N2. The lowest BCUT2D eigenvalue weighted by Crippen LogP contribution is -2.44. The van der Waals surface area contributed by atoms with E-state index in [4.69, 9.17) is 5.73 Å². The molecule has 2 heteroatoms. The lowest BCUT2D eigenvalue weighted by Gasteiger charge is -2.37. The lowest BCUT2D eigenvalue weighted by atomic mass is 9.84. The third-order valence-electron chi connectivity index (χ3n) is 4.56. The molecule has 2 rings (SSSR count). The monoisotopic (exact) mass is 210 g/mol. The van der Waals surface area contributed by atoms with Gasteiger partial charge in [-0.2, -0.15) is 0 Å². The van der Waals surface area contributed by atoms with Crippen molar-refractivity contribution in [1.82, 2.24) is 4.90 Å². The van der Waals surface area contributed by atoms with Crippen molar-refractivity contribution in [2.45, 2.75) is 64.0 Å². The van der Waals surface area contributed by atoms with Crippen LogP contribution in [0.4, 0.5) is 0 Å². The quantitative estimate of drug-likeness (QED) is 0.775. The molecular weight excluding hydrogens is 184 g/mol. The SMILES string of the molecule is CCC1CCC(N2CCCC2CN)CC1. The standard InChI is InChI=1S/C13H26N2/c1-2-11-5-7-12(8-6-11)15-9-3-4-13(15)10-14/h11-13H,2-10,14H2,1H3. The zero-order valence-corrected chi connectivity index (χ0v) is 10.1. The smallest absolute Gasteiger partial charge is 0.0221 e. The van der Waals surface area contributed by atoms with Crippen molar-refractivity contribution >= 4 is 0 Å². The highest BCUT2D eigenvalue weighted by molar-refractivity contribution is 4.88. The van der Waals surface area contributed by atoms with Crippen LogP contribution >= 0.6 is 0 Å². The predicted octanol–water partition coefficient (Wildman–Crippen LogP) is 2.38. The Labute approximate surface area is 94.2 Å². The Balaban J connectivity index is 1.84. The van der Waals surface area contributed by atoms with Gasteiger partial charge >= 0.3 is 0 Å². The maximum absolute atomic E-state index is 5.84. The van der Waals surface area contributed by atoms with Crippen molar-refractivity contribution in [2.24, 2.45) is 11.7 Å². The summed E-state index contributed by atoms with van der Waals surface area (Å²) in [4.78, 5) is 2.71. The molecule has 2 nitrogen and oxygen atoms in total. The molecule has 2 aliphatic rings. The van der Waals surface area contributed by atoms with Crippen molar-refractivity contribution in [2.75, 3.05) is 13.1 Å². The molecule has 88 valence electrons. The first-order chi connectivity index (χ1) is 7.35. The molecule has 1 aliphatic heterocycles. The fourth-order valence-electron chi connectivity index (χ4n) is 3.48. The van der Waals surface area contributed by atoms with Crippen LogP contribution in [0.3, 0.4) is 0 Å². The van der Waals surface area contributed by atoms with Crippen molar-refractivity contribution in [3.63, 3.8) is 0 Å². The third kappa shape index (κ3) is 2.54. The van der Waals surface area contributed by atoms with Crippen molar-refractivity contribution < 1.29 is 0 Å². The van der Waals surface area contributed by atoms with E-state index in [1.807, 2.05) is 0 Å². The number of hydrogen-bond acceptors (Lipinski definition) is 2. The van der Waals surface area contributed by atoms with Gasteiger partial charge in [0.15, 0.2) is 0 Å². The summed E-state index contributed by atoms with van der Waals surface area (Å²) in [6.45, 7) is 4.51. The van der Waals surface area contributed by atoms with Crippen molar-refractivity contribution in [3.8, 4) is 0 Å². The summed E-state index contributed by atoms with van der Waals surface area (Å²) < 4.78 is 0. The Morgan fingerprint density at radius 1 is 1.13 bits per heavy atom. The summed E-state index contributed by atoms with van der Waals surface area (Å²) >= 11 is 0. The number of nitrogens with two attached hydrogens (primary N) is 1. The molecule has 1 unspecified atom stereocenters. The molecule has 1 aliphatic carbocycles. The minimum Gasteiger partial charge on any atom is -0.329 e. The van der Waals surface area contributed by atoms with E-state index in [1.54, 1.807) is 0 Å². The van der Waals surface area contributed by atoms with Crippen LogP contribution in [-0.2, 0) is 0 Å². The van der Waals surface area contributed by atoms with Crippen LogP contribution in [0.25, 0.3) is 0 Å². The Morgan fingerprint density at radius 2 is 1.87 bits per heavy atom. The van der Waals surface area contributed by atoms with Crippen molar-refractivity contribution in [1.29, 1.82) is 0 Å². The molecule has 1 saturated carbocycles. The molecule has 0 aromatic heterocycles. The van der Waals surface area contributed by atoms with Gasteiger partial charge in [-0.15, -0.1) is 0 Å². The first-order valence-corrected chi connectivity index (χ1v) is 6.81. The van der Waals surface area contributed by atoms with E-state index in [1.165, 1.54) is 51.5 Å². The van der Waals surface area contributed by atoms with Gasteiger partial charge in [-0.25, -0.2) is 0 Å². The van der Waals surface area contributed by atoms with E-state index in [0.29, 0.717) is 6.04 Å². The molecule has 0 radical (unpaired) electrons. The molecule has 0 spiro atoms. The molecule has 0 aromatic carbocycles. The van der Waals surface area contributed by atoms with E-state index in [-0.39, 0.29) is 0 Å². The lowest BCUT2D eigenvalue weighted by molar-refractivity contribution is 0.125. The fraction of sp³-hybridized carbons (Fsp3) is 1.00. The maximum Gasteiger partial charge on any atom is 0.0221 e. The van der Waals surface area contributed by atoms with Gasteiger partial charge in [0, 0.05) is 18.6 Å². The molecule has 1 atom stereocenters. The Bertz CT molecular complexity index is 185. The highest BCUT2D eigenvalue weighted by Gasteiger charge is 2.31. The van der Waals surface area contributed by atoms with Crippen molar-refractivity contribution in [3.05, 3.63) is 0 Å². The third-order valence-corrected chi connectivity index (χ3v) is 4.56. The zero-order chi connectivity index (χ0) is 10.7. The van der Waals surface area contributed by atoms with Crippen LogP contribution in [0.2, 0.25) is 0 Å². The normalized spacial score (nSPS) is 38.4. The van der Waals surface area contributed by atoms with Crippen LogP contribution in [0.5, 0.6) is 0 Å². The van der Waals surface area contributed by atoms with Gasteiger partial charge in [0.2, 0.25) is 0 Å². The van der Waals surface area contributed by atoms with E-state index in [2.05, 4.69) is 11.8 Å². The zero-order valence-electron chi connectivity index (χ0n) is 10.1. The molecule has 2 fully saturated rings. The first-order valence-electron chi connectivity index (χ1n) is 6.81. The molecule has 1 saturated heterocycles. The molecule has 0 bridgehead atoms. The van der Waals surface area contributed by atoms with Gasteiger partial charge < -0.3 is 5.73 Å². The maximum atomic E-state index is 5.84. The van der Waals surface area contributed by atoms with Gasteiger partial charge in [0.05, 0.1) is 0 Å². The predicted molar refractivity (Wildman–Crippen MR) is 64.8 cm³/mol. The molecule has 1 heterocycles. The van der Waals surface area contributed by atoms with Gasteiger partial charge in [0.1, 0.15) is 0 Å². The molecule has 2 N–H and O–H groups in total. The van der Waals surface area contributed by atoms with Crippen LogP contribution in [0, 0.1) is 5.92 Å². The summed E-state index contributed by atoms with van der Waals surface area (Å²) in [6, 6.07) is 1.57. The van der Waals surface area contributed by atoms with Crippen LogP contribution in [0.1, 0.15) is 51.9 Å². The molecule has 15 heavy (non-hydrogen) atoms. The average molecular weight is 210 g/mol.